The van der Waals surface area contributed by atoms with E-state index < -0.39 is 0 Å². The molecule has 0 bridgehead atoms. The van der Waals surface area contributed by atoms with Crippen LogP contribution in [0.25, 0.3) is 0 Å². The summed E-state index contributed by atoms with van der Waals surface area (Å²) in [5, 5.41) is 24.3. The molecular formula is C26H39N9OS. The molecule has 2 aromatic rings. The Morgan fingerprint density at radius 3 is 2.51 bits per heavy atom. The molecule has 0 radical (unpaired) electrons. The van der Waals surface area contributed by atoms with Gasteiger partial charge >= 0.3 is 0 Å². The molecule has 4 heterocycles. The van der Waals surface area contributed by atoms with E-state index >= 15 is 0 Å². The maximum Gasteiger partial charge on any atom is 0.240 e. The summed E-state index contributed by atoms with van der Waals surface area (Å²) < 4.78 is 0. The normalized spacial score (nSPS) is 25.1. The van der Waals surface area contributed by atoms with Crippen molar-refractivity contribution in [1.82, 2.24) is 30.2 Å². The monoisotopic (exact) mass is 525 g/mol. The Morgan fingerprint density at radius 2 is 1.76 bits per heavy atom. The molecule has 11 heteroatoms. The van der Waals surface area contributed by atoms with Crippen LogP contribution in [0.5, 0.6) is 0 Å². The van der Waals surface area contributed by atoms with Gasteiger partial charge in [-0.05, 0) is 62.5 Å². The van der Waals surface area contributed by atoms with E-state index in [1.54, 1.807) is 6.20 Å². The zero-order chi connectivity index (χ0) is 25.1. The van der Waals surface area contributed by atoms with Gasteiger partial charge in [0.2, 0.25) is 16.2 Å². The predicted molar refractivity (Wildman–Crippen MR) is 146 cm³/mol. The van der Waals surface area contributed by atoms with E-state index in [-0.39, 0.29) is 11.9 Å². The van der Waals surface area contributed by atoms with Crippen molar-refractivity contribution in [2.24, 2.45) is 5.41 Å². The van der Waals surface area contributed by atoms with Gasteiger partial charge in [-0.2, -0.15) is 5.10 Å². The first-order valence-electron chi connectivity index (χ1n) is 14.0. The number of piperazine rings is 1. The first-order valence-corrected chi connectivity index (χ1v) is 14.8. The van der Waals surface area contributed by atoms with E-state index in [2.05, 4.69) is 45.7 Å². The Labute approximate surface area is 223 Å². The second kappa shape index (κ2) is 11.2. The van der Waals surface area contributed by atoms with Gasteiger partial charge in [-0.15, -0.1) is 15.3 Å². The Bertz CT molecular complexity index is 1030. The molecule has 2 aliphatic heterocycles. The van der Waals surface area contributed by atoms with Crippen LogP contribution in [0.2, 0.25) is 0 Å². The van der Waals surface area contributed by atoms with Crippen LogP contribution in [0, 0.1) is 5.41 Å². The number of carbonyl (C=O) groups excluding carboxylic acids is 1. The minimum Gasteiger partial charge on any atom is -0.355 e. The first-order chi connectivity index (χ1) is 18.1. The summed E-state index contributed by atoms with van der Waals surface area (Å²) in [6.45, 7) is 6.25. The fraction of sp³-hybridized carbons (Fsp3) is 0.731. The number of aromatic nitrogens is 4. The quantitative estimate of drug-likeness (QED) is 0.565. The van der Waals surface area contributed by atoms with Gasteiger partial charge < -0.3 is 10.2 Å². The van der Waals surface area contributed by atoms with E-state index in [0.717, 1.165) is 62.7 Å². The summed E-state index contributed by atoms with van der Waals surface area (Å²) in [6, 6.07) is 4.91. The van der Waals surface area contributed by atoms with Crippen LogP contribution >= 0.6 is 11.3 Å². The number of rotatable bonds is 7. The highest BCUT2D eigenvalue weighted by atomic mass is 32.1. The lowest BCUT2D eigenvalue weighted by Crippen LogP contribution is -2.52. The molecule has 0 aromatic carbocycles. The number of hydrogen-bond donors (Lipinski definition) is 2. The third-order valence-electron chi connectivity index (χ3n) is 9.04. The van der Waals surface area contributed by atoms with Crippen LogP contribution in [0.15, 0.2) is 18.3 Å². The topological polar surface area (TPSA) is 102 Å². The number of nitrogens with one attached hydrogen (secondary N) is 2. The predicted octanol–water partition coefficient (Wildman–Crippen LogP) is 3.08. The fourth-order valence-corrected chi connectivity index (χ4v) is 7.65. The second-order valence-electron chi connectivity index (χ2n) is 11.4. The van der Waals surface area contributed by atoms with Gasteiger partial charge in [0.05, 0.1) is 6.54 Å². The molecule has 4 aliphatic rings. The molecule has 6 rings (SSSR count). The van der Waals surface area contributed by atoms with E-state index in [0.29, 0.717) is 17.1 Å². The summed E-state index contributed by atoms with van der Waals surface area (Å²) in [5.41, 5.74) is 0.700. The molecule has 2 aliphatic carbocycles. The summed E-state index contributed by atoms with van der Waals surface area (Å²) in [4.78, 5) is 19.9. The molecule has 2 saturated carbocycles. The van der Waals surface area contributed by atoms with Crippen LogP contribution in [0.1, 0.15) is 57.8 Å². The van der Waals surface area contributed by atoms with E-state index in [1.807, 2.05) is 12.1 Å². The number of amides is 1. The Hall–Kier alpha value is -2.37. The molecule has 1 unspecified atom stereocenters. The summed E-state index contributed by atoms with van der Waals surface area (Å²) in [6.07, 6.45) is 14.1. The van der Waals surface area contributed by atoms with Gasteiger partial charge in [0, 0.05) is 57.5 Å². The molecular weight excluding hydrogens is 486 g/mol. The maximum absolute atomic E-state index is 12.7. The van der Waals surface area contributed by atoms with Gasteiger partial charge in [0.1, 0.15) is 0 Å². The average molecular weight is 526 g/mol. The lowest BCUT2D eigenvalue weighted by Gasteiger charge is -2.44. The van der Waals surface area contributed by atoms with Crippen LogP contribution in [0.3, 0.4) is 0 Å². The van der Waals surface area contributed by atoms with Crippen molar-refractivity contribution in [1.29, 1.82) is 0 Å². The third kappa shape index (κ3) is 6.04. The number of carbonyl (C=O) groups is 1. The standard InChI is InChI=1S/C26H39N9OS/c36-23(19-33-14-16-34(17-15-33)21-5-10-26(11-6-21)8-1-2-9-26)29-25-32-31-24(37-25)28-20-7-13-35(18-20)22-4-3-12-27-30-22/h3-4,12,20-21H,1-2,5-11,13-19H2,(H,28,31)(H,29,32,36). The van der Waals surface area contributed by atoms with Gasteiger partial charge in [-0.3, -0.25) is 19.9 Å². The maximum atomic E-state index is 12.7. The molecule has 2 saturated heterocycles. The Kier molecular flexibility index (Phi) is 7.53. The molecule has 1 amide bonds. The van der Waals surface area contributed by atoms with Gasteiger partial charge in [-0.25, -0.2) is 0 Å². The lowest BCUT2D eigenvalue weighted by molar-refractivity contribution is -0.117. The molecule has 10 nitrogen and oxygen atoms in total. The van der Waals surface area contributed by atoms with Gasteiger partial charge in [0.15, 0.2) is 5.82 Å². The van der Waals surface area contributed by atoms with Crippen LogP contribution in [0.4, 0.5) is 16.1 Å². The smallest absolute Gasteiger partial charge is 0.240 e. The molecule has 2 aromatic heterocycles. The van der Waals surface area contributed by atoms with Crippen LogP contribution in [-0.4, -0.2) is 94.0 Å². The number of nitrogens with zero attached hydrogens (tertiary/aromatic N) is 7. The highest BCUT2D eigenvalue weighted by molar-refractivity contribution is 7.19. The highest BCUT2D eigenvalue weighted by Gasteiger charge is 2.39. The summed E-state index contributed by atoms with van der Waals surface area (Å²) >= 11 is 1.40. The van der Waals surface area contributed by atoms with Crippen molar-refractivity contribution < 1.29 is 4.79 Å². The lowest BCUT2D eigenvalue weighted by atomic mass is 9.71. The zero-order valence-electron chi connectivity index (χ0n) is 21.6. The van der Waals surface area contributed by atoms with Crippen molar-refractivity contribution in [2.75, 3.05) is 61.3 Å². The Balaban J connectivity index is 0.907. The van der Waals surface area contributed by atoms with E-state index in [1.165, 1.54) is 62.7 Å². The number of anilines is 3. The minimum atomic E-state index is -0.00770. The minimum absolute atomic E-state index is 0.00770. The fourth-order valence-electron chi connectivity index (χ4n) is 6.91. The average Bonchev–Trinajstić information content (AvgIpc) is 3.68. The van der Waals surface area contributed by atoms with Gasteiger partial charge in [0.25, 0.3) is 0 Å². The van der Waals surface area contributed by atoms with Crippen molar-refractivity contribution in [3.05, 3.63) is 18.3 Å². The number of hydrogen-bond acceptors (Lipinski definition) is 10. The molecule has 200 valence electrons. The largest absolute Gasteiger partial charge is 0.355 e. The van der Waals surface area contributed by atoms with Crippen LogP contribution < -0.4 is 15.5 Å². The summed E-state index contributed by atoms with van der Waals surface area (Å²) in [7, 11) is 0. The van der Waals surface area contributed by atoms with E-state index in [9.17, 15) is 4.79 Å². The Morgan fingerprint density at radius 1 is 0.973 bits per heavy atom. The molecule has 37 heavy (non-hydrogen) atoms. The summed E-state index contributed by atoms with van der Waals surface area (Å²) in [5.74, 6) is 0.890. The van der Waals surface area contributed by atoms with Crippen molar-refractivity contribution >= 4 is 33.3 Å². The van der Waals surface area contributed by atoms with Crippen molar-refractivity contribution in [3.63, 3.8) is 0 Å². The SMILES string of the molecule is O=C(CN1CCN(C2CCC3(CCCC3)CC2)CC1)Nc1nnc(NC2CCN(c3cccnn3)C2)s1. The first kappa shape index (κ1) is 24.9. The molecule has 2 N–H and O–H groups in total. The van der Waals surface area contributed by atoms with Gasteiger partial charge in [-0.1, -0.05) is 24.2 Å². The third-order valence-corrected chi connectivity index (χ3v) is 9.81. The van der Waals surface area contributed by atoms with E-state index in [4.69, 9.17) is 0 Å². The van der Waals surface area contributed by atoms with Crippen molar-refractivity contribution in [2.45, 2.75) is 69.9 Å². The highest BCUT2D eigenvalue weighted by Crippen LogP contribution is 2.49. The second-order valence-corrected chi connectivity index (χ2v) is 12.3. The molecule has 1 spiro atoms. The zero-order valence-corrected chi connectivity index (χ0v) is 22.5. The molecule has 1 atom stereocenters. The van der Waals surface area contributed by atoms with Crippen LogP contribution in [-0.2, 0) is 4.79 Å². The van der Waals surface area contributed by atoms with Crippen molar-refractivity contribution in [3.8, 4) is 0 Å². The molecule has 4 fully saturated rings.